The Kier molecular flexibility index (Phi) is 16.3. The second-order valence-electron chi connectivity index (χ2n) is 14.9. The molecule has 17 heteroatoms. The lowest BCUT2D eigenvalue weighted by molar-refractivity contribution is 0.311. The molecule has 2 saturated heterocycles. The van der Waals surface area contributed by atoms with E-state index in [2.05, 4.69) is 81.7 Å². The van der Waals surface area contributed by atoms with Crippen LogP contribution in [0.5, 0.6) is 0 Å². The van der Waals surface area contributed by atoms with Crippen LogP contribution < -0.4 is 31.5 Å². The Balaban J connectivity index is 0.000000174. The molecule has 2 aromatic heterocycles. The van der Waals surface area contributed by atoms with E-state index in [1.54, 1.807) is 42.7 Å². The van der Waals surface area contributed by atoms with E-state index in [9.17, 15) is 8.78 Å². The third-order valence-electron chi connectivity index (χ3n) is 10.1. The number of likely N-dealkylation sites (N-methyl/N-ethyl adjacent to an activating group) is 2. The standard InChI is InChI=1S/C23H24FN7.C12H9ClN4.C11H16FN3/c1-30-11-13-31(14-12-30)21-6-5-19(16-20(21)24)28-23-26-10-8-22(29-23)27-18-4-2-3-17(15-18)7-9-25;13-12-15-7-5-11(17-12)16-10-3-1-2-9(8-10)4-6-14;1-14-4-6-15(7-5-14)11-3-2-9(13)8-10(11)12/h2-6,8,10,15-16H,7,11-14H2,1H3,(H2,26,27,28,29);1-3,5,7-8H,4H2,(H,15,16,17);2-3,8H,4-7,13H2,1H3. The minimum absolute atomic E-state index is 0.197. The fourth-order valence-corrected chi connectivity index (χ4v) is 6.88. The summed E-state index contributed by atoms with van der Waals surface area (Å²) >= 11 is 5.69. The Morgan fingerprint density at radius 2 is 1.10 bits per heavy atom. The van der Waals surface area contributed by atoms with Crippen LogP contribution in [0.3, 0.4) is 0 Å². The molecule has 0 atom stereocenters. The van der Waals surface area contributed by atoms with Crippen molar-refractivity contribution in [1.82, 2.24) is 29.7 Å². The molecule has 2 aliphatic rings. The molecule has 0 amide bonds. The highest BCUT2D eigenvalue weighted by molar-refractivity contribution is 6.28. The molecular formula is C46H49ClF2N14. The first-order chi connectivity index (χ1) is 30.5. The van der Waals surface area contributed by atoms with Crippen LogP contribution in [0.2, 0.25) is 5.28 Å². The number of rotatable bonds is 10. The number of hydrogen-bond donors (Lipinski definition) is 4. The predicted octanol–water partition coefficient (Wildman–Crippen LogP) is 8.02. The lowest BCUT2D eigenvalue weighted by atomic mass is 10.1. The normalized spacial score (nSPS) is 13.9. The number of aromatic nitrogens is 4. The van der Waals surface area contributed by atoms with Gasteiger partial charge in [-0.15, -0.1) is 0 Å². The van der Waals surface area contributed by atoms with Crippen molar-refractivity contribution in [2.45, 2.75) is 12.8 Å². The molecule has 0 unspecified atom stereocenters. The molecule has 0 spiro atoms. The van der Waals surface area contributed by atoms with Gasteiger partial charge in [-0.2, -0.15) is 15.5 Å². The molecule has 0 radical (unpaired) electrons. The summed E-state index contributed by atoms with van der Waals surface area (Å²) in [5, 5.41) is 27.1. The largest absolute Gasteiger partial charge is 0.399 e. The van der Waals surface area contributed by atoms with Gasteiger partial charge in [-0.3, -0.25) is 0 Å². The van der Waals surface area contributed by atoms with Gasteiger partial charge in [0.1, 0.15) is 23.3 Å². The Morgan fingerprint density at radius 1 is 0.603 bits per heavy atom. The monoisotopic (exact) mass is 870 g/mol. The Hall–Kier alpha value is -7.11. The number of hydrogen-bond acceptors (Lipinski definition) is 14. The van der Waals surface area contributed by atoms with Crippen LogP contribution in [-0.4, -0.2) is 96.2 Å². The van der Waals surface area contributed by atoms with Gasteiger partial charge in [0.05, 0.1) is 36.4 Å². The van der Waals surface area contributed by atoms with Crippen molar-refractivity contribution >= 4 is 63.3 Å². The molecule has 6 aromatic rings. The van der Waals surface area contributed by atoms with E-state index >= 15 is 0 Å². The average molecular weight is 871 g/mol. The highest BCUT2D eigenvalue weighted by Crippen LogP contribution is 2.26. The van der Waals surface area contributed by atoms with Gasteiger partial charge in [0.15, 0.2) is 0 Å². The molecule has 0 aliphatic carbocycles. The van der Waals surface area contributed by atoms with Crippen LogP contribution in [0.15, 0.2) is 109 Å². The second-order valence-corrected chi connectivity index (χ2v) is 15.2. The SMILES string of the molecule is CN1CCN(c2ccc(N)cc2F)CC1.CN1CCN(c2ccc(Nc3nccc(Nc4cccc(CC#N)c4)n3)cc2F)CC1.N#CCc1cccc(Nc2ccnc(Cl)n2)c1. The van der Waals surface area contributed by atoms with Crippen molar-refractivity contribution in [2.75, 3.05) is 97.9 Å². The molecule has 4 aromatic carbocycles. The smallest absolute Gasteiger partial charge is 0.229 e. The molecule has 2 aliphatic heterocycles. The molecular weight excluding hydrogens is 822 g/mol. The summed E-state index contributed by atoms with van der Waals surface area (Å²) in [5.41, 5.74) is 11.4. The third kappa shape index (κ3) is 14.0. The molecule has 0 bridgehead atoms. The van der Waals surface area contributed by atoms with Gasteiger partial charge >= 0.3 is 0 Å². The van der Waals surface area contributed by atoms with Crippen LogP contribution in [-0.2, 0) is 12.8 Å². The molecule has 4 heterocycles. The van der Waals surface area contributed by atoms with E-state index in [0.717, 1.165) is 74.9 Å². The van der Waals surface area contributed by atoms with E-state index in [4.69, 9.17) is 27.9 Å². The average Bonchev–Trinajstić information content (AvgIpc) is 3.26. The Morgan fingerprint density at radius 3 is 1.60 bits per heavy atom. The van der Waals surface area contributed by atoms with E-state index < -0.39 is 0 Å². The first-order valence-electron chi connectivity index (χ1n) is 20.3. The summed E-state index contributed by atoms with van der Waals surface area (Å²) in [7, 11) is 4.16. The molecule has 2 fully saturated rings. The minimum atomic E-state index is -0.266. The summed E-state index contributed by atoms with van der Waals surface area (Å²) in [6.45, 7) is 7.17. The van der Waals surface area contributed by atoms with Gasteiger partial charge < -0.3 is 41.3 Å². The first kappa shape index (κ1) is 45.4. The fourth-order valence-electron chi connectivity index (χ4n) is 6.73. The van der Waals surface area contributed by atoms with Crippen LogP contribution >= 0.6 is 11.6 Å². The summed E-state index contributed by atoms with van der Waals surface area (Å²) < 4.78 is 28.3. The number of anilines is 9. The van der Waals surface area contributed by atoms with Crippen LogP contribution in [0.4, 0.5) is 60.5 Å². The van der Waals surface area contributed by atoms with E-state index in [1.165, 1.54) is 12.1 Å². The van der Waals surface area contributed by atoms with Crippen LogP contribution in [0, 0.1) is 34.3 Å². The quantitative estimate of drug-likeness (QED) is 0.0770. The van der Waals surface area contributed by atoms with E-state index in [-0.39, 0.29) is 16.9 Å². The zero-order valence-corrected chi connectivity index (χ0v) is 35.9. The maximum atomic E-state index is 14.7. The summed E-state index contributed by atoms with van der Waals surface area (Å²) in [5.74, 6) is 1.10. The van der Waals surface area contributed by atoms with Gasteiger partial charge in [-0.1, -0.05) is 24.3 Å². The van der Waals surface area contributed by atoms with Gasteiger partial charge in [-0.25, -0.2) is 23.7 Å². The van der Waals surface area contributed by atoms with Crippen LogP contribution in [0.25, 0.3) is 0 Å². The minimum Gasteiger partial charge on any atom is -0.399 e. The predicted molar refractivity (Wildman–Crippen MR) is 247 cm³/mol. The zero-order chi connectivity index (χ0) is 44.6. The summed E-state index contributed by atoms with van der Waals surface area (Å²) in [4.78, 5) is 25.1. The molecule has 5 N–H and O–H groups in total. The zero-order valence-electron chi connectivity index (χ0n) is 35.1. The van der Waals surface area contributed by atoms with Gasteiger partial charge in [0, 0.05) is 87.5 Å². The van der Waals surface area contributed by atoms with Crippen molar-refractivity contribution in [2.24, 2.45) is 0 Å². The number of halogens is 3. The number of piperazine rings is 2. The fraction of sp³-hybridized carbons (Fsp3) is 0.261. The third-order valence-corrected chi connectivity index (χ3v) is 10.3. The van der Waals surface area contributed by atoms with Crippen molar-refractivity contribution < 1.29 is 8.78 Å². The number of nitrogens with zero attached hydrogens (tertiary/aromatic N) is 10. The highest BCUT2D eigenvalue weighted by atomic mass is 35.5. The maximum Gasteiger partial charge on any atom is 0.229 e. The topological polar surface area (TPSA) is 174 Å². The number of nitriles is 2. The number of nitrogens with two attached hydrogens (primary N) is 1. The molecule has 324 valence electrons. The first-order valence-corrected chi connectivity index (χ1v) is 20.7. The van der Waals surface area contributed by atoms with Crippen molar-refractivity contribution in [3.63, 3.8) is 0 Å². The number of benzene rings is 4. The van der Waals surface area contributed by atoms with Gasteiger partial charge in [0.25, 0.3) is 0 Å². The number of nitrogen functional groups attached to an aromatic ring is 1. The van der Waals surface area contributed by atoms with Gasteiger partial charge in [0.2, 0.25) is 11.2 Å². The Labute approximate surface area is 371 Å². The molecule has 8 rings (SSSR count). The Bertz CT molecular complexity index is 2510. The summed E-state index contributed by atoms with van der Waals surface area (Å²) in [6.07, 6.45) is 3.95. The lowest BCUT2D eigenvalue weighted by Crippen LogP contribution is -2.44. The van der Waals surface area contributed by atoms with E-state index in [0.29, 0.717) is 53.2 Å². The molecule has 63 heavy (non-hydrogen) atoms. The van der Waals surface area contributed by atoms with E-state index in [1.807, 2.05) is 54.6 Å². The second kappa shape index (κ2) is 22.7. The maximum absolute atomic E-state index is 14.7. The molecule has 14 nitrogen and oxygen atoms in total. The van der Waals surface area contributed by atoms with Crippen molar-refractivity contribution in [3.05, 3.63) is 138 Å². The van der Waals surface area contributed by atoms with Crippen LogP contribution in [0.1, 0.15) is 11.1 Å². The van der Waals surface area contributed by atoms with Crippen molar-refractivity contribution in [1.29, 1.82) is 10.5 Å². The summed E-state index contributed by atoms with van der Waals surface area (Å²) in [6, 6.07) is 32.9. The van der Waals surface area contributed by atoms with Crippen molar-refractivity contribution in [3.8, 4) is 12.1 Å². The molecule has 0 saturated carbocycles. The number of nitrogens with one attached hydrogen (secondary N) is 3. The highest BCUT2D eigenvalue weighted by Gasteiger charge is 2.19. The lowest BCUT2D eigenvalue weighted by Gasteiger charge is -2.34. The van der Waals surface area contributed by atoms with Gasteiger partial charge in [-0.05, 0) is 110 Å².